The van der Waals surface area contributed by atoms with Crippen molar-refractivity contribution in [3.05, 3.63) is 63.7 Å². The number of aromatic nitrogens is 3. The van der Waals surface area contributed by atoms with Gasteiger partial charge < -0.3 is 0 Å². The van der Waals surface area contributed by atoms with Crippen LogP contribution in [0.25, 0.3) is 22.4 Å². The Balaban J connectivity index is 2.36. The molecule has 0 saturated heterocycles. The molecule has 0 unspecified atom stereocenters. The van der Waals surface area contributed by atoms with Crippen molar-refractivity contribution in [3.8, 4) is 22.4 Å². The molecule has 4 nitrogen and oxygen atoms in total. The smallest absolute Gasteiger partial charge is 0.290 e. The number of nitrogens with zero attached hydrogens (tertiary/aromatic N) is 3. The van der Waals surface area contributed by atoms with Crippen molar-refractivity contribution >= 4 is 23.4 Å². The molecule has 2 aromatic heterocycles. The van der Waals surface area contributed by atoms with E-state index in [9.17, 15) is 18.0 Å². The molecule has 0 saturated carbocycles. The predicted molar refractivity (Wildman–Crippen MR) is 99.9 cm³/mol. The zero-order chi connectivity index (χ0) is 19.8. The van der Waals surface area contributed by atoms with Crippen LogP contribution < -0.4 is 5.56 Å². The van der Waals surface area contributed by atoms with Gasteiger partial charge in [-0.3, -0.25) is 9.36 Å². The van der Waals surface area contributed by atoms with Gasteiger partial charge in [-0.25, -0.2) is 9.97 Å². The molecule has 0 aliphatic rings. The van der Waals surface area contributed by atoms with E-state index in [-0.39, 0.29) is 22.0 Å². The molecule has 0 bridgehead atoms. The van der Waals surface area contributed by atoms with Crippen molar-refractivity contribution in [2.45, 2.75) is 11.3 Å². The van der Waals surface area contributed by atoms with E-state index < -0.39 is 17.3 Å². The van der Waals surface area contributed by atoms with Crippen LogP contribution in [0.1, 0.15) is 5.56 Å². The molecule has 0 fully saturated rings. The molecule has 1 aromatic carbocycles. The number of pyridine rings is 1. The van der Waals surface area contributed by atoms with E-state index in [0.29, 0.717) is 10.7 Å². The van der Waals surface area contributed by atoms with Crippen LogP contribution in [0.15, 0.2) is 52.5 Å². The van der Waals surface area contributed by atoms with E-state index >= 15 is 0 Å². The first-order valence-electron chi connectivity index (χ1n) is 7.67. The summed E-state index contributed by atoms with van der Waals surface area (Å²) in [5.41, 5.74) is -0.329. The quantitative estimate of drug-likeness (QED) is 0.349. The molecule has 27 heavy (non-hydrogen) atoms. The lowest BCUT2D eigenvalue weighted by Crippen LogP contribution is -2.23. The lowest BCUT2D eigenvalue weighted by molar-refractivity contribution is -0.137. The molecular weight excluding hydrogens is 399 g/mol. The fraction of sp³-hybridized carbons (Fsp3) is 0.167. The Morgan fingerprint density at radius 2 is 1.89 bits per heavy atom. The SMILES string of the molecule is CSc1nc(-c2ccnc(Cl)c2)c(-c2cccc(C(F)(F)F)c2)c(=O)n1C. The van der Waals surface area contributed by atoms with Crippen molar-refractivity contribution in [3.63, 3.8) is 0 Å². The Hall–Kier alpha value is -2.32. The first kappa shape index (κ1) is 19.4. The van der Waals surface area contributed by atoms with E-state index in [1.165, 1.54) is 47.8 Å². The summed E-state index contributed by atoms with van der Waals surface area (Å²) in [7, 11) is 1.53. The van der Waals surface area contributed by atoms with Gasteiger partial charge in [0.1, 0.15) is 5.15 Å². The second-order valence-electron chi connectivity index (χ2n) is 5.63. The van der Waals surface area contributed by atoms with E-state index in [0.717, 1.165) is 12.1 Å². The first-order chi connectivity index (χ1) is 12.7. The summed E-state index contributed by atoms with van der Waals surface area (Å²) >= 11 is 7.20. The summed E-state index contributed by atoms with van der Waals surface area (Å²) < 4.78 is 40.7. The Morgan fingerprint density at radius 1 is 1.15 bits per heavy atom. The molecule has 0 spiro atoms. The summed E-state index contributed by atoms with van der Waals surface area (Å²) in [6, 6.07) is 7.76. The zero-order valence-corrected chi connectivity index (χ0v) is 15.8. The Kier molecular flexibility index (Phi) is 5.30. The minimum atomic E-state index is -4.52. The maximum atomic E-state index is 13.1. The fourth-order valence-electron chi connectivity index (χ4n) is 2.63. The van der Waals surface area contributed by atoms with Gasteiger partial charge in [0.25, 0.3) is 5.56 Å². The van der Waals surface area contributed by atoms with Crippen LogP contribution >= 0.6 is 23.4 Å². The number of alkyl halides is 3. The second kappa shape index (κ2) is 7.36. The maximum absolute atomic E-state index is 13.1. The largest absolute Gasteiger partial charge is 0.416 e. The second-order valence-corrected chi connectivity index (χ2v) is 6.79. The molecule has 9 heteroatoms. The van der Waals surface area contributed by atoms with E-state index in [1.54, 1.807) is 12.3 Å². The van der Waals surface area contributed by atoms with Crippen molar-refractivity contribution in [2.75, 3.05) is 6.26 Å². The highest BCUT2D eigenvalue weighted by molar-refractivity contribution is 7.98. The maximum Gasteiger partial charge on any atom is 0.416 e. The van der Waals surface area contributed by atoms with Gasteiger partial charge >= 0.3 is 6.18 Å². The Morgan fingerprint density at radius 3 is 2.52 bits per heavy atom. The van der Waals surface area contributed by atoms with E-state index in [2.05, 4.69) is 9.97 Å². The van der Waals surface area contributed by atoms with E-state index in [4.69, 9.17) is 11.6 Å². The number of rotatable bonds is 3. The Labute approximate surface area is 162 Å². The van der Waals surface area contributed by atoms with Gasteiger partial charge in [-0.15, -0.1) is 0 Å². The third-order valence-corrected chi connectivity index (χ3v) is 4.85. The highest BCUT2D eigenvalue weighted by Gasteiger charge is 2.31. The minimum Gasteiger partial charge on any atom is -0.290 e. The molecule has 0 N–H and O–H groups in total. The first-order valence-corrected chi connectivity index (χ1v) is 9.27. The summed E-state index contributed by atoms with van der Waals surface area (Å²) in [5, 5.41) is 0.620. The molecule has 0 atom stereocenters. The molecule has 2 heterocycles. The zero-order valence-electron chi connectivity index (χ0n) is 14.2. The van der Waals surface area contributed by atoms with Crippen LogP contribution in [-0.4, -0.2) is 20.8 Å². The van der Waals surface area contributed by atoms with Crippen molar-refractivity contribution < 1.29 is 13.2 Å². The van der Waals surface area contributed by atoms with Crippen LogP contribution in [0.5, 0.6) is 0 Å². The van der Waals surface area contributed by atoms with Gasteiger partial charge in [-0.2, -0.15) is 13.2 Å². The molecule has 3 aromatic rings. The molecule has 0 amide bonds. The topological polar surface area (TPSA) is 47.8 Å². The van der Waals surface area contributed by atoms with Crippen LogP contribution in [0.2, 0.25) is 5.15 Å². The van der Waals surface area contributed by atoms with Crippen LogP contribution in [0.3, 0.4) is 0 Å². The highest BCUT2D eigenvalue weighted by Crippen LogP contribution is 2.34. The molecule has 3 rings (SSSR count). The lowest BCUT2D eigenvalue weighted by atomic mass is 9.99. The van der Waals surface area contributed by atoms with Crippen LogP contribution in [-0.2, 0) is 13.2 Å². The number of hydrogen-bond donors (Lipinski definition) is 0. The van der Waals surface area contributed by atoms with Gasteiger partial charge in [-0.1, -0.05) is 35.5 Å². The predicted octanol–water partition coefficient (Wildman–Crippen LogP) is 4.90. The third kappa shape index (κ3) is 3.86. The Bertz CT molecular complexity index is 1070. The lowest BCUT2D eigenvalue weighted by Gasteiger charge is -2.15. The van der Waals surface area contributed by atoms with Crippen molar-refractivity contribution in [2.24, 2.45) is 7.05 Å². The van der Waals surface area contributed by atoms with Crippen molar-refractivity contribution in [1.82, 2.24) is 14.5 Å². The minimum absolute atomic E-state index is 0.0728. The molecule has 140 valence electrons. The summed E-state index contributed by atoms with van der Waals surface area (Å²) in [6.45, 7) is 0. The summed E-state index contributed by atoms with van der Waals surface area (Å²) in [4.78, 5) is 21.4. The van der Waals surface area contributed by atoms with Crippen LogP contribution in [0.4, 0.5) is 13.2 Å². The summed E-state index contributed by atoms with van der Waals surface area (Å²) in [6.07, 6.45) is -1.31. The average Bonchev–Trinajstić information content (AvgIpc) is 2.63. The van der Waals surface area contributed by atoms with E-state index in [1.807, 2.05) is 0 Å². The molecule has 0 aliphatic heterocycles. The van der Waals surface area contributed by atoms with Gasteiger partial charge in [0.15, 0.2) is 5.16 Å². The van der Waals surface area contributed by atoms with Crippen molar-refractivity contribution in [1.29, 1.82) is 0 Å². The molecule has 0 aliphatic carbocycles. The number of halogens is 4. The van der Waals surface area contributed by atoms with Gasteiger partial charge in [0, 0.05) is 18.8 Å². The highest BCUT2D eigenvalue weighted by atomic mass is 35.5. The monoisotopic (exact) mass is 411 g/mol. The standard InChI is InChI=1S/C18H13ClF3N3OS/c1-25-16(26)14(10-4-3-5-12(8-10)18(20,21)22)15(24-17(25)27-2)11-6-7-23-13(19)9-11/h3-9H,1-2H3. The average molecular weight is 412 g/mol. The van der Waals surface area contributed by atoms with Gasteiger partial charge in [0.05, 0.1) is 16.8 Å². The fourth-order valence-corrected chi connectivity index (χ4v) is 3.35. The number of benzene rings is 1. The van der Waals surface area contributed by atoms with Crippen LogP contribution in [0, 0.1) is 0 Å². The number of hydrogen-bond acceptors (Lipinski definition) is 4. The van der Waals surface area contributed by atoms with Gasteiger partial charge in [-0.05, 0) is 36.1 Å². The third-order valence-electron chi connectivity index (χ3n) is 3.91. The molecule has 0 radical (unpaired) electrons. The van der Waals surface area contributed by atoms with Gasteiger partial charge in [0.2, 0.25) is 0 Å². The number of thioether (sulfide) groups is 1. The normalized spacial score (nSPS) is 11.6. The summed E-state index contributed by atoms with van der Waals surface area (Å²) in [5.74, 6) is 0. The molecular formula is C18H13ClF3N3OS.